The molecule has 0 atom stereocenters. The predicted octanol–water partition coefficient (Wildman–Crippen LogP) is 3.86. The first-order valence-corrected chi connectivity index (χ1v) is 10.1. The molecule has 160 valence electrons. The van der Waals surface area contributed by atoms with Crippen LogP contribution in [0.3, 0.4) is 0 Å². The lowest BCUT2D eigenvalue weighted by atomic mass is 10.2. The monoisotopic (exact) mass is 500 g/mol. The maximum Gasteiger partial charge on any atom is 0.164 e. The van der Waals surface area contributed by atoms with Gasteiger partial charge in [0.25, 0.3) is 0 Å². The van der Waals surface area contributed by atoms with Crippen LogP contribution in [0, 0.1) is 0 Å². The zero-order valence-electron chi connectivity index (χ0n) is 15.9. The van der Waals surface area contributed by atoms with Crippen LogP contribution in [0.1, 0.15) is 11.6 Å². The molecule has 0 amide bonds. The summed E-state index contributed by atoms with van der Waals surface area (Å²) in [6.45, 7) is 0. The van der Waals surface area contributed by atoms with Gasteiger partial charge in [-0.25, -0.2) is 0 Å². The summed E-state index contributed by atoms with van der Waals surface area (Å²) in [7, 11) is 2.99. The fraction of sp³-hybridized carbons (Fsp3) is 0.176. The fourth-order valence-corrected chi connectivity index (χ4v) is 3.72. The molecule has 0 spiro atoms. The van der Waals surface area contributed by atoms with Gasteiger partial charge in [0, 0.05) is 5.02 Å². The highest BCUT2D eigenvalue weighted by Crippen LogP contribution is 2.41. The number of tetrazole rings is 2. The van der Waals surface area contributed by atoms with E-state index >= 15 is 0 Å². The second-order valence-corrected chi connectivity index (χ2v) is 7.65. The van der Waals surface area contributed by atoms with Crippen LogP contribution in [-0.2, 0) is 6.42 Å². The lowest BCUT2D eigenvalue weighted by Crippen LogP contribution is -2.11. The molecule has 0 bridgehead atoms. The van der Waals surface area contributed by atoms with Crippen molar-refractivity contribution in [2.24, 2.45) is 0 Å². The molecule has 4 aromatic rings. The van der Waals surface area contributed by atoms with Gasteiger partial charge >= 0.3 is 0 Å². The van der Waals surface area contributed by atoms with Gasteiger partial charge in [-0.3, -0.25) is 0 Å². The van der Waals surface area contributed by atoms with Crippen molar-refractivity contribution in [2.75, 3.05) is 14.2 Å². The van der Waals surface area contributed by atoms with E-state index in [0.29, 0.717) is 33.8 Å². The maximum atomic E-state index is 6.28. The summed E-state index contributed by atoms with van der Waals surface area (Å²) in [5.74, 6) is 1.63. The minimum atomic E-state index is 0.140. The normalized spacial score (nSPS) is 11.0. The van der Waals surface area contributed by atoms with Gasteiger partial charge < -0.3 is 9.47 Å². The summed E-state index contributed by atoms with van der Waals surface area (Å²) >= 11 is 24.7. The molecule has 0 N–H and O–H groups in total. The number of aromatic nitrogens is 8. The third-order valence-corrected chi connectivity index (χ3v) is 5.76. The zero-order chi connectivity index (χ0) is 22.1. The van der Waals surface area contributed by atoms with Gasteiger partial charge in [-0.1, -0.05) is 46.4 Å². The molecule has 4 rings (SSSR count). The van der Waals surface area contributed by atoms with Crippen LogP contribution >= 0.6 is 46.4 Å². The minimum Gasteiger partial charge on any atom is -0.494 e. The number of ether oxygens (including phenoxy) is 2. The Hall–Kier alpha value is -2.66. The highest BCUT2D eigenvalue weighted by atomic mass is 35.5. The van der Waals surface area contributed by atoms with Crippen molar-refractivity contribution >= 4 is 46.4 Å². The van der Waals surface area contributed by atoms with Crippen LogP contribution in [0.15, 0.2) is 24.3 Å². The van der Waals surface area contributed by atoms with Gasteiger partial charge in [0.15, 0.2) is 17.4 Å². The average molecular weight is 502 g/mol. The molecular weight excluding hydrogens is 490 g/mol. The first-order chi connectivity index (χ1) is 14.9. The standard InChI is InChI=1S/C17H12Cl4N8O2/c1-30-12-4-3-8(18)5-10(12)28-13(22-24-26-28)7-14-23-25-27-29(14)11-6-9(19)15(20)16(21)17(11)31-2/h3-6H,7H2,1-2H3. The van der Waals surface area contributed by atoms with Crippen LogP contribution in [0.2, 0.25) is 20.1 Å². The molecule has 0 aliphatic heterocycles. The van der Waals surface area contributed by atoms with Crippen LogP contribution in [0.4, 0.5) is 0 Å². The number of halogens is 4. The molecule has 0 saturated carbocycles. The first kappa shape index (κ1) is 21.6. The lowest BCUT2D eigenvalue weighted by Gasteiger charge is -2.13. The van der Waals surface area contributed by atoms with Crippen LogP contribution in [0.5, 0.6) is 11.5 Å². The third kappa shape index (κ3) is 3.99. The Morgan fingerprint density at radius 2 is 1.45 bits per heavy atom. The molecule has 10 nitrogen and oxygen atoms in total. The number of hydrogen-bond donors (Lipinski definition) is 0. The smallest absolute Gasteiger partial charge is 0.164 e. The van der Waals surface area contributed by atoms with Crippen LogP contribution in [-0.4, -0.2) is 54.6 Å². The lowest BCUT2D eigenvalue weighted by molar-refractivity contribution is 0.410. The summed E-state index contributed by atoms with van der Waals surface area (Å²) < 4.78 is 13.7. The van der Waals surface area contributed by atoms with Crippen molar-refractivity contribution in [3.8, 4) is 22.9 Å². The Morgan fingerprint density at radius 1 is 0.806 bits per heavy atom. The molecule has 2 heterocycles. The maximum absolute atomic E-state index is 6.28. The van der Waals surface area contributed by atoms with Crippen LogP contribution in [0.25, 0.3) is 11.4 Å². The van der Waals surface area contributed by atoms with E-state index in [2.05, 4.69) is 31.1 Å². The molecule has 0 aliphatic rings. The average Bonchev–Trinajstić information content (AvgIpc) is 3.41. The van der Waals surface area contributed by atoms with Crippen molar-refractivity contribution in [1.82, 2.24) is 40.4 Å². The second kappa shape index (κ2) is 8.83. The van der Waals surface area contributed by atoms with Crippen molar-refractivity contribution in [3.63, 3.8) is 0 Å². The largest absolute Gasteiger partial charge is 0.494 e. The summed E-state index contributed by atoms with van der Waals surface area (Å²) in [5, 5.41) is 24.8. The first-order valence-electron chi connectivity index (χ1n) is 8.54. The highest BCUT2D eigenvalue weighted by molar-refractivity contribution is 6.48. The van der Waals surface area contributed by atoms with E-state index in [1.165, 1.54) is 23.6 Å². The number of nitrogens with zero attached hydrogens (tertiary/aromatic N) is 8. The van der Waals surface area contributed by atoms with Gasteiger partial charge in [-0.2, -0.15) is 9.36 Å². The molecule has 2 aromatic carbocycles. The summed E-state index contributed by atoms with van der Waals surface area (Å²) in [6.07, 6.45) is 0.149. The Balaban J connectivity index is 1.78. The number of hydrogen-bond acceptors (Lipinski definition) is 8. The van der Waals surface area contributed by atoms with E-state index in [4.69, 9.17) is 55.9 Å². The summed E-state index contributed by atoms with van der Waals surface area (Å²) in [4.78, 5) is 0. The molecular formula is C17H12Cl4N8O2. The fourth-order valence-electron chi connectivity index (χ4n) is 2.89. The van der Waals surface area contributed by atoms with Crippen molar-refractivity contribution < 1.29 is 9.47 Å². The van der Waals surface area contributed by atoms with Crippen LogP contribution < -0.4 is 9.47 Å². The Bertz CT molecular complexity index is 1260. The topological polar surface area (TPSA) is 106 Å². The summed E-state index contributed by atoms with van der Waals surface area (Å²) in [6, 6.07) is 6.66. The quantitative estimate of drug-likeness (QED) is 0.366. The van der Waals surface area contributed by atoms with E-state index < -0.39 is 0 Å². The molecule has 2 aromatic heterocycles. The molecule has 14 heteroatoms. The van der Waals surface area contributed by atoms with Gasteiger partial charge in [0.2, 0.25) is 0 Å². The predicted molar refractivity (Wildman–Crippen MR) is 114 cm³/mol. The van der Waals surface area contributed by atoms with E-state index in [9.17, 15) is 0 Å². The molecule has 31 heavy (non-hydrogen) atoms. The number of methoxy groups -OCH3 is 2. The molecule has 0 unspecified atom stereocenters. The van der Waals surface area contributed by atoms with E-state index in [1.807, 2.05) is 0 Å². The Labute approximate surface area is 195 Å². The third-order valence-electron chi connectivity index (χ3n) is 4.28. The Morgan fingerprint density at radius 3 is 2.06 bits per heavy atom. The molecule has 0 saturated heterocycles. The highest BCUT2D eigenvalue weighted by Gasteiger charge is 2.22. The second-order valence-electron chi connectivity index (χ2n) is 6.05. The van der Waals surface area contributed by atoms with E-state index in [0.717, 1.165) is 0 Å². The Kier molecular flexibility index (Phi) is 6.15. The van der Waals surface area contributed by atoms with Crippen molar-refractivity contribution in [2.45, 2.75) is 6.42 Å². The van der Waals surface area contributed by atoms with Crippen molar-refractivity contribution in [3.05, 3.63) is 56.0 Å². The van der Waals surface area contributed by atoms with Crippen molar-refractivity contribution in [1.29, 1.82) is 0 Å². The van der Waals surface area contributed by atoms with Gasteiger partial charge in [0.05, 0.1) is 30.7 Å². The number of benzene rings is 2. The SMILES string of the molecule is COc1ccc(Cl)cc1-n1nnnc1Cc1nnnn1-c1cc(Cl)c(Cl)c(Cl)c1OC. The molecule has 0 aliphatic carbocycles. The van der Waals surface area contributed by atoms with Gasteiger partial charge in [0.1, 0.15) is 22.1 Å². The minimum absolute atomic E-state index is 0.140. The van der Waals surface area contributed by atoms with Gasteiger partial charge in [-0.15, -0.1) is 10.2 Å². The summed E-state index contributed by atoms with van der Waals surface area (Å²) in [5.41, 5.74) is 0.963. The zero-order valence-corrected chi connectivity index (χ0v) is 18.9. The molecule has 0 radical (unpaired) electrons. The van der Waals surface area contributed by atoms with Gasteiger partial charge in [-0.05, 0) is 45.1 Å². The molecule has 0 fully saturated rings. The van der Waals surface area contributed by atoms with E-state index in [1.54, 1.807) is 24.3 Å². The number of rotatable bonds is 6. The van der Waals surface area contributed by atoms with E-state index in [-0.39, 0.29) is 27.2 Å².